The van der Waals surface area contributed by atoms with Crippen LogP contribution in [0.25, 0.3) is 0 Å². The average Bonchev–Trinajstić information content (AvgIpc) is 2.39. The number of likely N-dealkylation sites (N-methyl/N-ethyl adjacent to an activating group) is 1. The summed E-state index contributed by atoms with van der Waals surface area (Å²) in [6.07, 6.45) is 1.25. The highest BCUT2D eigenvalue weighted by Crippen LogP contribution is 2.03. The van der Waals surface area contributed by atoms with Gasteiger partial charge in [-0.15, -0.1) is 0 Å². The smallest absolute Gasteiger partial charge is 0.326 e. The molecule has 0 bridgehead atoms. The molecular formula is C15H22N2O3. The van der Waals surface area contributed by atoms with E-state index in [0.717, 1.165) is 18.5 Å². The first-order valence-electron chi connectivity index (χ1n) is 6.77. The van der Waals surface area contributed by atoms with Gasteiger partial charge in [0.05, 0.1) is 6.54 Å². The lowest BCUT2D eigenvalue weighted by Gasteiger charge is -2.18. The number of carbonyl (C=O) groups is 2. The number of amides is 1. The second kappa shape index (κ2) is 8.32. The van der Waals surface area contributed by atoms with Gasteiger partial charge in [-0.3, -0.25) is 9.69 Å². The lowest BCUT2D eigenvalue weighted by molar-refractivity contribution is -0.141. The van der Waals surface area contributed by atoms with Crippen LogP contribution in [0.3, 0.4) is 0 Å². The maximum atomic E-state index is 11.8. The van der Waals surface area contributed by atoms with Crippen molar-refractivity contribution in [2.24, 2.45) is 0 Å². The van der Waals surface area contributed by atoms with E-state index >= 15 is 0 Å². The first kappa shape index (κ1) is 16.2. The third-order valence-corrected chi connectivity index (χ3v) is 2.93. The summed E-state index contributed by atoms with van der Waals surface area (Å²) >= 11 is 0. The Bertz CT molecular complexity index is 434. The third kappa shape index (κ3) is 5.84. The maximum absolute atomic E-state index is 11.8. The topological polar surface area (TPSA) is 69.6 Å². The van der Waals surface area contributed by atoms with Crippen molar-refractivity contribution >= 4 is 11.9 Å². The van der Waals surface area contributed by atoms with Crippen molar-refractivity contribution in [2.75, 3.05) is 20.1 Å². The number of rotatable bonds is 8. The molecule has 0 heterocycles. The molecule has 5 heteroatoms. The molecule has 2 N–H and O–H groups in total. The molecule has 0 radical (unpaired) electrons. The number of hydrogen-bond acceptors (Lipinski definition) is 3. The molecule has 1 aromatic rings. The summed E-state index contributed by atoms with van der Waals surface area (Å²) in [6, 6.07) is 8.39. The molecule has 1 amide bonds. The van der Waals surface area contributed by atoms with E-state index in [9.17, 15) is 14.7 Å². The van der Waals surface area contributed by atoms with Crippen molar-refractivity contribution < 1.29 is 14.7 Å². The largest absolute Gasteiger partial charge is 0.480 e. The van der Waals surface area contributed by atoms with E-state index in [0.29, 0.717) is 6.42 Å². The standard InChI is InChI=1S/C15H22N2O3/c1-3-9-17(2)11-14(18)16-13(15(19)20)10-12-7-5-4-6-8-12/h4-8,13H,3,9-11H2,1-2H3,(H,16,18)(H,19,20)/t13-/m0/s1. The summed E-state index contributed by atoms with van der Waals surface area (Å²) in [5.74, 6) is -1.27. The fraction of sp³-hybridized carbons (Fsp3) is 0.467. The van der Waals surface area contributed by atoms with E-state index in [2.05, 4.69) is 5.32 Å². The lowest BCUT2D eigenvalue weighted by Crippen LogP contribution is -2.46. The first-order chi connectivity index (χ1) is 9.52. The summed E-state index contributed by atoms with van der Waals surface area (Å²) in [4.78, 5) is 24.9. The van der Waals surface area contributed by atoms with E-state index in [4.69, 9.17) is 0 Å². The van der Waals surface area contributed by atoms with Gasteiger partial charge < -0.3 is 10.4 Å². The number of carbonyl (C=O) groups excluding carboxylic acids is 1. The van der Waals surface area contributed by atoms with Crippen molar-refractivity contribution in [3.05, 3.63) is 35.9 Å². The predicted octanol–water partition coefficient (Wildman–Crippen LogP) is 1.14. The lowest BCUT2D eigenvalue weighted by atomic mass is 10.1. The third-order valence-electron chi connectivity index (χ3n) is 2.93. The molecule has 0 aliphatic rings. The van der Waals surface area contributed by atoms with Gasteiger partial charge in [-0.05, 0) is 25.6 Å². The van der Waals surface area contributed by atoms with Crippen LogP contribution in [0.4, 0.5) is 0 Å². The Morgan fingerprint density at radius 2 is 1.95 bits per heavy atom. The number of hydrogen-bond donors (Lipinski definition) is 2. The first-order valence-corrected chi connectivity index (χ1v) is 6.77. The summed E-state index contributed by atoms with van der Waals surface area (Å²) in [5.41, 5.74) is 0.891. The molecule has 0 saturated carbocycles. The van der Waals surface area contributed by atoms with Gasteiger partial charge in [0.25, 0.3) is 0 Å². The Morgan fingerprint density at radius 1 is 1.30 bits per heavy atom. The number of benzene rings is 1. The van der Waals surface area contributed by atoms with E-state index < -0.39 is 12.0 Å². The monoisotopic (exact) mass is 278 g/mol. The molecule has 1 aromatic carbocycles. The SMILES string of the molecule is CCCN(C)CC(=O)N[C@@H](Cc1ccccc1)C(=O)O. The number of aliphatic carboxylic acids is 1. The molecule has 0 fully saturated rings. The number of carboxylic acid groups (broad SMARTS) is 1. The van der Waals surface area contributed by atoms with Crippen molar-refractivity contribution in [1.29, 1.82) is 0 Å². The Labute approximate surface area is 119 Å². The molecular weight excluding hydrogens is 256 g/mol. The fourth-order valence-electron chi connectivity index (χ4n) is 2.00. The molecule has 0 aliphatic heterocycles. The Balaban J connectivity index is 2.55. The molecule has 20 heavy (non-hydrogen) atoms. The number of nitrogens with one attached hydrogen (secondary N) is 1. The van der Waals surface area contributed by atoms with Crippen LogP contribution in [0.1, 0.15) is 18.9 Å². The quantitative estimate of drug-likeness (QED) is 0.748. The summed E-state index contributed by atoms with van der Waals surface area (Å²) in [7, 11) is 1.84. The molecule has 5 nitrogen and oxygen atoms in total. The molecule has 0 aromatic heterocycles. The van der Waals surface area contributed by atoms with Gasteiger partial charge in [-0.2, -0.15) is 0 Å². The Morgan fingerprint density at radius 3 is 2.50 bits per heavy atom. The van der Waals surface area contributed by atoms with Crippen LogP contribution < -0.4 is 5.32 Å². The number of carboxylic acids is 1. The van der Waals surface area contributed by atoms with E-state index in [1.165, 1.54) is 0 Å². The maximum Gasteiger partial charge on any atom is 0.326 e. The van der Waals surface area contributed by atoms with E-state index in [1.807, 2.05) is 49.2 Å². The van der Waals surface area contributed by atoms with Gasteiger partial charge in [0.15, 0.2) is 0 Å². The minimum absolute atomic E-state index is 0.215. The van der Waals surface area contributed by atoms with Crippen LogP contribution in [0.2, 0.25) is 0 Å². The second-order valence-corrected chi connectivity index (χ2v) is 4.89. The summed E-state index contributed by atoms with van der Waals surface area (Å²) in [5, 5.41) is 11.8. The van der Waals surface area contributed by atoms with Crippen LogP contribution in [0.5, 0.6) is 0 Å². The van der Waals surface area contributed by atoms with Gasteiger partial charge in [-0.1, -0.05) is 37.3 Å². The highest BCUT2D eigenvalue weighted by Gasteiger charge is 2.20. The van der Waals surface area contributed by atoms with Crippen LogP contribution >= 0.6 is 0 Å². The highest BCUT2D eigenvalue weighted by molar-refractivity contribution is 5.84. The minimum Gasteiger partial charge on any atom is -0.480 e. The highest BCUT2D eigenvalue weighted by atomic mass is 16.4. The van der Waals surface area contributed by atoms with Crippen LogP contribution in [-0.4, -0.2) is 48.1 Å². The van der Waals surface area contributed by atoms with Gasteiger partial charge in [0, 0.05) is 6.42 Å². The van der Waals surface area contributed by atoms with Crippen LogP contribution in [-0.2, 0) is 16.0 Å². The Kier molecular flexibility index (Phi) is 6.73. The normalized spacial score (nSPS) is 12.2. The molecule has 0 aliphatic carbocycles. The van der Waals surface area contributed by atoms with Gasteiger partial charge in [0.1, 0.15) is 6.04 Å². The predicted molar refractivity (Wildman–Crippen MR) is 77.5 cm³/mol. The molecule has 0 spiro atoms. The van der Waals surface area contributed by atoms with E-state index in [-0.39, 0.29) is 12.5 Å². The molecule has 1 rings (SSSR count). The second-order valence-electron chi connectivity index (χ2n) is 4.89. The zero-order chi connectivity index (χ0) is 15.0. The summed E-state index contributed by atoms with van der Waals surface area (Å²) in [6.45, 7) is 3.06. The van der Waals surface area contributed by atoms with Crippen molar-refractivity contribution in [3.8, 4) is 0 Å². The zero-order valence-electron chi connectivity index (χ0n) is 12.0. The molecule has 1 atom stereocenters. The van der Waals surface area contributed by atoms with E-state index in [1.54, 1.807) is 0 Å². The molecule has 0 unspecified atom stereocenters. The van der Waals surface area contributed by atoms with Crippen LogP contribution in [0, 0.1) is 0 Å². The summed E-state index contributed by atoms with van der Waals surface area (Å²) < 4.78 is 0. The van der Waals surface area contributed by atoms with Crippen molar-refractivity contribution in [3.63, 3.8) is 0 Å². The van der Waals surface area contributed by atoms with Crippen molar-refractivity contribution in [1.82, 2.24) is 10.2 Å². The van der Waals surface area contributed by atoms with Gasteiger partial charge in [-0.25, -0.2) is 4.79 Å². The average molecular weight is 278 g/mol. The number of nitrogens with zero attached hydrogens (tertiary/aromatic N) is 1. The minimum atomic E-state index is -1.01. The zero-order valence-corrected chi connectivity index (χ0v) is 12.0. The van der Waals surface area contributed by atoms with Gasteiger partial charge >= 0.3 is 5.97 Å². The molecule has 0 saturated heterocycles. The Hall–Kier alpha value is -1.88. The van der Waals surface area contributed by atoms with Gasteiger partial charge in [0.2, 0.25) is 5.91 Å². The van der Waals surface area contributed by atoms with Crippen LogP contribution in [0.15, 0.2) is 30.3 Å². The molecule has 110 valence electrons. The van der Waals surface area contributed by atoms with Crippen molar-refractivity contribution in [2.45, 2.75) is 25.8 Å². The fourth-order valence-corrected chi connectivity index (χ4v) is 2.00.